The number of hydrogen-bond acceptors (Lipinski definition) is 6. The highest BCUT2D eigenvalue weighted by atomic mass is 16.6. The highest BCUT2D eigenvalue weighted by Gasteiger charge is 2.43. The van der Waals surface area contributed by atoms with Crippen LogP contribution in [0.25, 0.3) is 0 Å². The summed E-state index contributed by atoms with van der Waals surface area (Å²) in [5.41, 5.74) is 1.53. The van der Waals surface area contributed by atoms with E-state index in [1.54, 1.807) is 12.4 Å². The van der Waals surface area contributed by atoms with Crippen molar-refractivity contribution in [3.8, 4) is 0 Å². The molecule has 4 rings (SSSR count). The third-order valence-corrected chi connectivity index (χ3v) is 6.12. The number of cyclic esters (lactones) is 1. The number of carbonyl (C=O) groups excluding carboxylic acids is 3. The summed E-state index contributed by atoms with van der Waals surface area (Å²) in [5.74, 6) is 0.0806. The molecule has 0 radical (unpaired) electrons. The molecule has 0 aromatic carbocycles. The maximum Gasteiger partial charge on any atom is 0.410 e. The first-order valence-corrected chi connectivity index (χ1v) is 10.2. The summed E-state index contributed by atoms with van der Waals surface area (Å²) in [6, 6.07) is 0. The van der Waals surface area contributed by atoms with Gasteiger partial charge in [-0.3, -0.25) is 24.5 Å². The number of likely N-dealkylation sites (tertiary alicyclic amines) is 2. The van der Waals surface area contributed by atoms with Crippen LogP contribution in [0.2, 0.25) is 0 Å². The van der Waals surface area contributed by atoms with Gasteiger partial charge in [-0.15, -0.1) is 0 Å². The summed E-state index contributed by atoms with van der Waals surface area (Å²) < 4.78 is 4.91. The second-order valence-corrected chi connectivity index (χ2v) is 8.35. The van der Waals surface area contributed by atoms with Crippen LogP contribution in [0, 0.1) is 12.3 Å². The fraction of sp³-hybridized carbons (Fsp3) is 0.650. The largest absolute Gasteiger partial charge is 0.448 e. The normalized spacial score (nSPS) is 24.9. The maximum absolute atomic E-state index is 12.8. The van der Waals surface area contributed by atoms with Gasteiger partial charge in [-0.05, 0) is 26.2 Å². The first-order valence-electron chi connectivity index (χ1n) is 10.2. The molecular formula is C20H27N5O4. The molecule has 0 unspecified atom stereocenters. The summed E-state index contributed by atoms with van der Waals surface area (Å²) in [7, 11) is 0. The number of nitrogens with zero attached hydrogens (tertiary/aromatic N) is 5. The smallest absolute Gasteiger partial charge is 0.410 e. The third-order valence-electron chi connectivity index (χ3n) is 6.12. The van der Waals surface area contributed by atoms with E-state index in [2.05, 4.69) is 9.97 Å². The van der Waals surface area contributed by atoms with E-state index < -0.39 is 6.09 Å². The minimum absolute atomic E-state index is 0.0456. The maximum atomic E-state index is 12.8. The summed E-state index contributed by atoms with van der Waals surface area (Å²) >= 11 is 0. The van der Waals surface area contributed by atoms with E-state index >= 15 is 0 Å². The predicted molar refractivity (Wildman–Crippen MR) is 103 cm³/mol. The van der Waals surface area contributed by atoms with E-state index in [0.717, 1.165) is 30.7 Å². The Morgan fingerprint density at radius 2 is 2.00 bits per heavy atom. The SMILES string of the molecule is Cc1cnc(CN2C[C@@]3(CCCN(C(=O)CN4CCOC4=O)C3)CCC2=O)cn1. The molecule has 4 heterocycles. The second kappa shape index (κ2) is 7.96. The molecule has 3 aliphatic heterocycles. The monoisotopic (exact) mass is 401 g/mol. The van der Waals surface area contributed by atoms with Crippen molar-refractivity contribution in [3.63, 3.8) is 0 Å². The van der Waals surface area contributed by atoms with Gasteiger partial charge in [0, 0.05) is 37.7 Å². The lowest BCUT2D eigenvalue weighted by Gasteiger charge is -2.48. The first kappa shape index (κ1) is 19.6. The molecule has 0 saturated carbocycles. The molecule has 9 nitrogen and oxygen atoms in total. The van der Waals surface area contributed by atoms with E-state index in [1.165, 1.54) is 4.90 Å². The Labute approximate surface area is 170 Å². The van der Waals surface area contributed by atoms with Crippen LogP contribution in [0.15, 0.2) is 12.4 Å². The Morgan fingerprint density at radius 1 is 1.14 bits per heavy atom. The van der Waals surface area contributed by atoms with E-state index in [-0.39, 0.29) is 23.8 Å². The summed E-state index contributed by atoms with van der Waals surface area (Å²) in [4.78, 5) is 50.7. The van der Waals surface area contributed by atoms with Crippen LogP contribution in [-0.2, 0) is 20.9 Å². The average molecular weight is 401 g/mol. The molecule has 156 valence electrons. The van der Waals surface area contributed by atoms with Gasteiger partial charge in [0.2, 0.25) is 11.8 Å². The molecule has 0 N–H and O–H groups in total. The molecule has 3 amide bonds. The van der Waals surface area contributed by atoms with Crippen molar-refractivity contribution < 1.29 is 19.1 Å². The molecule has 1 aromatic rings. The minimum atomic E-state index is -0.418. The number of amides is 3. The molecule has 0 aliphatic carbocycles. The average Bonchev–Trinajstić information content (AvgIpc) is 3.11. The van der Waals surface area contributed by atoms with Crippen molar-refractivity contribution in [1.82, 2.24) is 24.7 Å². The number of aryl methyl sites for hydroxylation is 1. The lowest BCUT2D eigenvalue weighted by Crippen LogP contribution is -2.56. The van der Waals surface area contributed by atoms with Crippen molar-refractivity contribution in [2.75, 3.05) is 39.3 Å². The van der Waals surface area contributed by atoms with Crippen LogP contribution in [0.3, 0.4) is 0 Å². The number of aromatic nitrogens is 2. The van der Waals surface area contributed by atoms with E-state index in [9.17, 15) is 14.4 Å². The zero-order valence-corrected chi connectivity index (χ0v) is 16.8. The van der Waals surface area contributed by atoms with E-state index in [4.69, 9.17) is 4.74 Å². The fourth-order valence-corrected chi connectivity index (χ4v) is 4.53. The molecule has 1 atom stereocenters. The van der Waals surface area contributed by atoms with Gasteiger partial charge in [0.05, 0.1) is 30.7 Å². The molecule has 9 heteroatoms. The highest BCUT2D eigenvalue weighted by molar-refractivity contribution is 5.83. The van der Waals surface area contributed by atoms with Gasteiger partial charge in [0.1, 0.15) is 13.2 Å². The van der Waals surface area contributed by atoms with Crippen LogP contribution < -0.4 is 0 Å². The third kappa shape index (κ3) is 4.33. The fourth-order valence-electron chi connectivity index (χ4n) is 4.53. The molecular weight excluding hydrogens is 374 g/mol. The Balaban J connectivity index is 1.41. The van der Waals surface area contributed by atoms with Crippen molar-refractivity contribution in [3.05, 3.63) is 23.8 Å². The predicted octanol–water partition coefficient (Wildman–Crippen LogP) is 0.968. The lowest BCUT2D eigenvalue weighted by molar-refractivity contribution is -0.144. The lowest BCUT2D eigenvalue weighted by atomic mass is 9.73. The Morgan fingerprint density at radius 3 is 2.72 bits per heavy atom. The zero-order valence-electron chi connectivity index (χ0n) is 16.8. The Bertz CT molecular complexity index is 799. The van der Waals surface area contributed by atoms with Crippen LogP contribution in [0.4, 0.5) is 4.79 Å². The molecule has 3 fully saturated rings. The van der Waals surface area contributed by atoms with Gasteiger partial charge in [-0.1, -0.05) is 0 Å². The summed E-state index contributed by atoms with van der Waals surface area (Å²) in [5, 5.41) is 0. The van der Waals surface area contributed by atoms with Gasteiger partial charge >= 0.3 is 6.09 Å². The Hall–Kier alpha value is -2.71. The number of hydrogen-bond donors (Lipinski definition) is 0. The van der Waals surface area contributed by atoms with Crippen LogP contribution >= 0.6 is 0 Å². The number of piperidine rings is 2. The summed E-state index contributed by atoms with van der Waals surface area (Å²) in [6.45, 7) is 5.14. The minimum Gasteiger partial charge on any atom is -0.448 e. The van der Waals surface area contributed by atoms with Gasteiger partial charge in [-0.25, -0.2) is 4.79 Å². The highest BCUT2D eigenvalue weighted by Crippen LogP contribution is 2.39. The van der Waals surface area contributed by atoms with Crippen LogP contribution in [0.1, 0.15) is 37.1 Å². The van der Waals surface area contributed by atoms with Gasteiger partial charge < -0.3 is 14.5 Å². The van der Waals surface area contributed by atoms with Gasteiger partial charge in [0.15, 0.2) is 0 Å². The van der Waals surface area contributed by atoms with Gasteiger partial charge in [0.25, 0.3) is 0 Å². The van der Waals surface area contributed by atoms with Crippen molar-refractivity contribution >= 4 is 17.9 Å². The number of carbonyl (C=O) groups is 3. The second-order valence-electron chi connectivity index (χ2n) is 8.35. The number of rotatable bonds is 4. The molecule has 3 saturated heterocycles. The van der Waals surface area contributed by atoms with Crippen LogP contribution in [0.5, 0.6) is 0 Å². The topological polar surface area (TPSA) is 95.9 Å². The van der Waals surface area contributed by atoms with Gasteiger partial charge in [-0.2, -0.15) is 0 Å². The van der Waals surface area contributed by atoms with Crippen molar-refractivity contribution in [2.45, 2.75) is 39.2 Å². The molecule has 1 aromatic heterocycles. The standard InChI is InChI=1S/C20H27N5O4/c1-15-9-22-16(10-21-15)11-25-14-20(5-3-17(25)26)4-2-6-24(13-20)18(27)12-23-7-8-29-19(23)28/h9-10H,2-8,11-14H2,1H3/t20-/m0/s1. The van der Waals surface area contributed by atoms with E-state index in [0.29, 0.717) is 45.8 Å². The number of ether oxygens (including phenoxy) is 1. The quantitative estimate of drug-likeness (QED) is 0.746. The first-order chi connectivity index (χ1) is 13.9. The van der Waals surface area contributed by atoms with Crippen LogP contribution in [-0.4, -0.2) is 81.9 Å². The van der Waals surface area contributed by atoms with E-state index in [1.807, 2.05) is 16.7 Å². The zero-order chi connectivity index (χ0) is 20.4. The Kier molecular flexibility index (Phi) is 5.38. The molecule has 29 heavy (non-hydrogen) atoms. The summed E-state index contributed by atoms with van der Waals surface area (Å²) in [6.07, 6.45) is 6.18. The van der Waals surface area contributed by atoms with Crippen molar-refractivity contribution in [1.29, 1.82) is 0 Å². The molecule has 1 spiro atoms. The van der Waals surface area contributed by atoms with Crippen molar-refractivity contribution in [2.24, 2.45) is 5.41 Å². The molecule has 0 bridgehead atoms. The molecule has 3 aliphatic rings.